The van der Waals surface area contributed by atoms with E-state index in [0.29, 0.717) is 12.6 Å². The first kappa shape index (κ1) is 12.3. The molecule has 0 aromatic carbocycles. The van der Waals surface area contributed by atoms with Gasteiger partial charge in [-0.05, 0) is 31.4 Å². The van der Waals surface area contributed by atoms with Crippen LogP contribution in [0.15, 0.2) is 0 Å². The molecule has 1 fully saturated rings. The van der Waals surface area contributed by atoms with Crippen LogP contribution in [0.25, 0.3) is 0 Å². The van der Waals surface area contributed by atoms with Crippen molar-refractivity contribution in [3.63, 3.8) is 0 Å². The molecule has 0 saturated carbocycles. The maximum atomic E-state index is 9.26. The number of aliphatic hydroxyl groups is 1. The molecule has 1 N–H and O–H groups in total. The Morgan fingerprint density at radius 1 is 1.47 bits per heavy atom. The molecule has 0 amide bonds. The first-order valence-electron chi connectivity index (χ1n) is 5.66. The standard InChI is InChI=1S/C10H15ClN4O2/c1-2-17-10-13-8(11)12-9(14-10)15-5-3-4-7(15)6-16/h7,16H,2-6H2,1H3. The van der Waals surface area contributed by atoms with Crippen LogP contribution in [0.5, 0.6) is 6.01 Å². The molecule has 1 aromatic heterocycles. The molecule has 1 aliphatic rings. The molecule has 1 saturated heterocycles. The summed E-state index contributed by atoms with van der Waals surface area (Å²) in [7, 11) is 0. The molecule has 1 atom stereocenters. The van der Waals surface area contributed by atoms with Gasteiger partial charge < -0.3 is 14.7 Å². The maximum absolute atomic E-state index is 9.26. The smallest absolute Gasteiger partial charge is 0.322 e. The van der Waals surface area contributed by atoms with Gasteiger partial charge in [0.15, 0.2) is 0 Å². The van der Waals surface area contributed by atoms with Crippen LogP contribution in [-0.4, -0.2) is 45.9 Å². The molecule has 17 heavy (non-hydrogen) atoms. The van der Waals surface area contributed by atoms with Gasteiger partial charge in [-0.1, -0.05) is 0 Å². The highest BCUT2D eigenvalue weighted by Crippen LogP contribution is 2.24. The lowest BCUT2D eigenvalue weighted by atomic mass is 10.2. The van der Waals surface area contributed by atoms with Crippen molar-refractivity contribution >= 4 is 17.5 Å². The summed E-state index contributed by atoms with van der Waals surface area (Å²) in [5.41, 5.74) is 0. The number of hydrogen-bond donors (Lipinski definition) is 1. The van der Waals surface area contributed by atoms with Gasteiger partial charge in [0.2, 0.25) is 11.2 Å². The van der Waals surface area contributed by atoms with Gasteiger partial charge in [-0.15, -0.1) is 0 Å². The van der Waals surface area contributed by atoms with E-state index >= 15 is 0 Å². The van der Waals surface area contributed by atoms with Crippen LogP contribution in [0.4, 0.5) is 5.95 Å². The van der Waals surface area contributed by atoms with Gasteiger partial charge in [0, 0.05) is 6.54 Å². The van der Waals surface area contributed by atoms with E-state index in [9.17, 15) is 5.11 Å². The third-order valence-electron chi connectivity index (χ3n) is 2.69. The van der Waals surface area contributed by atoms with Gasteiger partial charge in [-0.25, -0.2) is 0 Å². The molecular weight excluding hydrogens is 244 g/mol. The molecule has 0 aliphatic carbocycles. The SMILES string of the molecule is CCOc1nc(Cl)nc(N2CCCC2CO)n1. The number of halogens is 1. The van der Waals surface area contributed by atoms with Gasteiger partial charge in [0.25, 0.3) is 0 Å². The molecule has 7 heteroatoms. The maximum Gasteiger partial charge on any atom is 0.322 e. The highest BCUT2D eigenvalue weighted by Gasteiger charge is 2.26. The fourth-order valence-electron chi connectivity index (χ4n) is 1.93. The van der Waals surface area contributed by atoms with Crippen LogP contribution in [0.3, 0.4) is 0 Å². The second kappa shape index (κ2) is 5.46. The first-order valence-corrected chi connectivity index (χ1v) is 6.04. The molecule has 1 aliphatic heterocycles. The average Bonchev–Trinajstić information content (AvgIpc) is 2.76. The zero-order chi connectivity index (χ0) is 12.3. The largest absolute Gasteiger partial charge is 0.464 e. The Morgan fingerprint density at radius 3 is 3.00 bits per heavy atom. The minimum absolute atomic E-state index is 0.0583. The van der Waals surface area contributed by atoms with Crippen molar-refractivity contribution in [3.8, 4) is 6.01 Å². The minimum Gasteiger partial charge on any atom is -0.464 e. The lowest BCUT2D eigenvalue weighted by Gasteiger charge is -2.22. The number of hydrogen-bond acceptors (Lipinski definition) is 6. The zero-order valence-electron chi connectivity index (χ0n) is 9.64. The second-order valence-electron chi connectivity index (χ2n) is 3.79. The van der Waals surface area contributed by atoms with Gasteiger partial charge >= 0.3 is 6.01 Å². The topological polar surface area (TPSA) is 71.4 Å². The van der Waals surface area contributed by atoms with Crippen molar-refractivity contribution in [3.05, 3.63) is 5.28 Å². The number of rotatable bonds is 4. The average molecular weight is 259 g/mol. The van der Waals surface area contributed by atoms with E-state index < -0.39 is 0 Å². The molecular formula is C10H15ClN4O2. The van der Waals surface area contributed by atoms with Crippen LogP contribution in [-0.2, 0) is 0 Å². The van der Waals surface area contributed by atoms with Gasteiger partial charge in [-0.2, -0.15) is 15.0 Å². The summed E-state index contributed by atoms with van der Waals surface area (Å²) in [5.74, 6) is 0.477. The summed E-state index contributed by atoms with van der Waals surface area (Å²) >= 11 is 5.82. The summed E-state index contributed by atoms with van der Waals surface area (Å²) < 4.78 is 5.22. The normalized spacial score (nSPS) is 19.7. The van der Waals surface area contributed by atoms with Crippen molar-refractivity contribution in [2.45, 2.75) is 25.8 Å². The molecule has 2 rings (SSSR count). The fourth-order valence-corrected chi connectivity index (χ4v) is 2.08. The highest BCUT2D eigenvalue weighted by atomic mass is 35.5. The van der Waals surface area contributed by atoms with E-state index in [1.807, 2.05) is 11.8 Å². The molecule has 0 radical (unpaired) electrons. The highest BCUT2D eigenvalue weighted by molar-refractivity contribution is 6.28. The van der Waals surface area contributed by atoms with Crippen molar-refractivity contribution in [2.75, 3.05) is 24.7 Å². The number of nitrogens with zero attached hydrogens (tertiary/aromatic N) is 4. The molecule has 2 heterocycles. The predicted octanol–water partition coefficient (Wildman–Crippen LogP) is 0.885. The predicted molar refractivity (Wildman–Crippen MR) is 63.5 cm³/mol. The fraction of sp³-hybridized carbons (Fsp3) is 0.700. The van der Waals surface area contributed by atoms with E-state index in [2.05, 4.69) is 15.0 Å². The lowest BCUT2D eigenvalue weighted by Crippen LogP contribution is -2.33. The summed E-state index contributed by atoms with van der Waals surface area (Å²) in [6, 6.07) is 0.286. The Labute approximate surface area is 105 Å². The minimum atomic E-state index is 0.0583. The third-order valence-corrected chi connectivity index (χ3v) is 2.86. The Kier molecular flexibility index (Phi) is 3.96. The first-order chi connectivity index (χ1) is 8.24. The van der Waals surface area contributed by atoms with Gasteiger partial charge in [-0.3, -0.25) is 0 Å². The molecule has 0 spiro atoms. The lowest BCUT2D eigenvalue weighted by molar-refractivity contribution is 0.265. The Hall–Kier alpha value is -1.14. The molecule has 0 bridgehead atoms. The summed E-state index contributed by atoms with van der Waals surface area (Å²) in [6.07, 6.45) is 1.95. The Balaban J connectivity index is 2.24. The monoisotopic (exact) mass is 258 g/mol. The van der Waals surface area contributed by atoms with Crippen LogP contribution < -0.4 is 9.64 Å². The van der Waals surface area contributed by atoms with Gasteiger partial charge in [0.1, 0.15) is 0 Å². The molecule has 94 valence electrons. The quantitative estimate of drug-likeness (QED) is 0.865. The second-order valence-corrected chi connectivity index (χ2v) is 4.13. The summed E-state index contributed by atoms with van der Waals surface area (Å²) in [4.78, 5) is 14.1. The van der Waals surface area contributed by atoms with Crippen LogP contribution >= 0.6 is 11.6 Å². The van der Waals surface area contributed by atoms with Crippen molar-refractivity contribution in [1.29, 1.82) is 0 Å². The van der Waals surface area contributed by atoms with E-state index in [-0.39, 0.29) is 23.9 Å². The number of anilines is 1. The van der Waals surface area contributed by atoms with Crippen molar-refractivity contribution in [1.82, 2.24) is 15.0 Å². The molecule has 1 unspecified atom stereocenters. The zero-order valence-corrected chi connectivity index (χ0v) is 10.4. The van der Waals surface area contributed by atoms with E-state index in [1.165, 1.54) is 0 Å². The Bertz CT molecular complexity index is 391. The number of aliphatic hydroxyl groups excluding tert-OH is 1. The van der Waals surface area contributed by atoms with E-state index in [0.717, 1.165) is 19.4 Å². The van der Waals surface area contributed by atoms with Crippen molar-refractivity contribution < 1.29 is 9.84 Å². The van der Waals surface area contributed by atoms with Crippen LogP contribution in [0.2, 0.25) is 5.28 Å². The Morgan fingerprint density at radius 2 is 2.29 bits per heavy atom. The van der Waals surface area contributed by atoms with E-state index in [4.69, 9.17) is 16.3 Å². The number of aromatic nitrogens is 3. The summed E-state index contributed by atoms with van der Waals surface area (Å²) in [6.45, 7) is 3.23. The van der Waals surface area contributed by atoms with Crippen LogP contribution in [0, 0.1) is 0 Å². The van der Waals surface area contributed by atoms with Crippen molar-refractivity contribution in [2.24, 2.45) is 0 Å². The number of ether oxygens (including phenoxy) is 1. The molecule has 6 nitrogen and oxygen atoms in total. The summed E-state index contributed by atoms with van der Waals surface area (Å²) in [5, 5.41) is 9.38. The van der Waals surface area contributed by atoms with Gasteiger partial charge in [0.05, 0.1) is 19.3 Å². The van der Waals surface area contributed by atoms with Crippen LogP contribution in [0.1, 0.15) is 19.8 Å². The van der Waals surface area contributed by atoms with E-state index in [1.54, 1.807) is 0 Å². The third kappa shape index (κ3) is 2.76. The molecule has 1 aromatic rings.